The predicted molar refractivity (Wildman–Crippen MR) is 69.5 cm³/mol. The number of rotatable bonds is 3. The van der Waals surface area contributed by atoms with Crippen LogP contribution in [-0.4, -0.2) is 64.7 Å². The zero-order chi connectivity index (χ0) is 13.1. The van der Waals surface area contributed by atoms with Crippen LogP contribution < -0.4 is 0 Å². The predicted octanol–water partition coefficient (Wildman–Crippen LogP) is -0.0524. The average molecular weight is 264 g/mol. The van der Waals surface area contributed by atoms with Gasteiger partial charge < -0.3 is 14.2 Å². The van der Waals surface area contributed by atoms with E-state index in [1.54, 1.807) is 0 Å². The van der Waals surface area contributed by atoms with E-state index < -0.39 is 0 Å². The normalized spacial score (nSPS) is 20.3. The molecule has 6 nitrogen and oxygen atoms in total. The number of ether oxygens (including phenoxy) is 1. The molecule has 1 aromatic rings. The Morgan fingerprint density at radius 1 is 1.26 bits per heavy atom. The molecule has 1 fully saturated rings. The van der Waals surface area contributed by atoms with Gasteiger partial charge in [-0.1, -0.05) is 0 Å². The Bertz CT molecular complexity index is 440. The Balaban J connectivity index is 1.46. The molecule has 0 aliphatic carbocycles. The molecule has 1 saturated heterocycles. The minimum Gasteiger partial charge on any atom is -0.378 e. The molecule has 0 aromatic carbocycles. The summed E-state index contributed by atoms with van der Waals surface area (Å²) >= 11 is 0. The van der Waals surface area contributed by atoms with Gasteiger partial charge in [0.2, 0.25) is 5.91 Å². The van der Waals surface area contributed by atoms with Gasteiger partial charge in [-0.25, -0.2) is 4.98 Å². The smallest absolute Gasteiger partial charge is 0.224 e. The SMILES string of the molecule is O=C(CCN1CCn2ccnc2C1)N1CCOCC1. The summed E-state index contributed by atoms with van der Waals surface area (Å²) in [4.78, 5) is 20.6. The number of hydrogen-bond acceptors (Lipinski definition) is 4. The molecule has 6 heteroatoms. The topological polar surface area (TPSA) is 50.6 Å². The van der Waals surface area contributed by atoms with E-state index in [-0.39, 0.29) is 5.91 Å². The van der Waals surface area contributed by atoms with E-state index in [0.29, 0.717) is 19.6 Å². The fourth-order valence-electron chi connectivity index (χ4n) is 2.64. The van der Waals surface area contributed by atoms with Crippen molar-refractivity contribution in [2.75, 3.05) is 39.4 Å². The van der Waals surface area contributed by atoms with E-state index in [9.17, 15) is 4.79 Å². The van der Waals surface area contributed by atoms with Crippen molar-refractivity contribution in [2.24, 2.45) is 0 Å². The van der Waals surface area contributed by atoms with Crippen LogP contribution in [0.15, 0.2) is 12.4 Å². The summed E-state index contributed by atoms with van der Waals surface area (Å²) in [6.07, 6.45) is 4.46. The van der Waals surface area contributed by atoms with E-state index in [2.05, 4.69) is 14.5 Å². The molecule has 0 unspecified atom stereocenters. The maximum atomic E-state index is 12.1. The van der Waals surface area contributed by atoms with Gasteiger partial charge in [0.05, 0.1) is 19.8 Å². The second kappa shape index (κ2) is 5.71. The van der Waals surface area contributed by atoms with Gasteiger partial charge in [-0.3, -0.25) is 9.69 Å². The van der Waals surface area contributed by atoms with Gasteiger partial charge in [0.25, 0.3) is 0 Å². The lowest BCUT2D eigenvalue weighted by Gasteiger charge is -2.30. The van der Waals surface area contributed by atoms with Gasteiger partial charge in [0.1, 0.15) is 5.82 Å². The molecule has 0 saturated carbocycles. The fraction of sp³-hybridized carbons (Fsp3) is 0.692. The van der Waals surface area contributed by atoms with E-state index in [4.69, 9.17) is 4.74 Å². The van der Waals surface area contributed by atoms with E-state index in [1.807, 2.05) is 17.3 Å². The second-order valence-corrected chi connectivity index (χ2v) is 5.06. The van der Waals surface area contributed by atoms with Crippen molar-refractivity contribution < 1.29 is 9.53 Å². The molecule has 3 heterocycles. The zero-order valence-corrected chi connectivity index (χ0v) is 11.1. The highest BCUT2D eigenvalue weighted by Gasteiger charge is 2.20. The Kier molecular flexibility index (Phi) is 3.79. The van der Waals surface area contributed by atoms with Crippen LogP contribution in [0, 0.1) is 0 Å². The molecule has 1 amide bonds. The third-order valence-electron chi connectivity index (χ3n) is 3.83. The molecule has 0 atom stereocenters. The van der Waals surface area contributed by atoms with Crippen LogP contribution in [0.1, 0.15) is 12.2 Å². The summed E-state index contributed by atoms with van der Waals surface area (Å²) in [7, 11) is 0. The van der Waals surface area contributed by atoms with Crippen molar-refractivity contribution >= 4 is 5.91 Å². The first-order chi connectivity index (χ1) is 9.33. The molecule has 0 spiro atoms. The summed E-state index contributed by atoms with van der Waals surface area (Å²) in [5.74, 6) is 1.35. The second-order valence-electron chi connectivity index (χ2n) is 5.06. The van der Waals surface area contributed by atoms with Crippen LogP contribution in [-0.2, 0) is 22.6 Å². The maximum Gasteiger partial charge on any atom is 0.224 e. The quantitative estimate of drug-likeness (QED) is 0.768. The highest BCUT2D eigenvalue weighted by molar-refractivity contribution is 5.76. The molecule has 1 aromatic heterocycles. The van der Waals surface area contributed by atoms with Crippen LogP contribution in [0.25, 0.3) is 0 Å². The number of hydrogen-bond donors (Lipinski definition) is 0. The average Bonchev–Trinajstić information content (AvgIpc) is 2.93. The molecule has 0 bridgehead atoms. The Morgan fingerprint density at radius 2 is 2.11 bits per heavy atom. The molecule has 2 aliphatic heterocycles. The van der Waals surface area contributed by atoms with Crippen molar-refractivity contribution in [3.05, 3.63) is 18.2 Å². The Labute approximate surface area is 113 Å². The number of morpholine rings is 1. The highest BCUT2D eigenvalue weighted by Crippen LogP contribution is 2.11. The molecule has 19 heavy (non-hydrogen) atoms. The van der Waals surface area contributed by atoms with Crippen molar-refractivity contribution in [1.29, 1.82) is 0 Å². The summed E-state index contributed by atoms with van der Waals surface area (Å²) in [5, 5.41) is 0. The van der Waals surface area contributed by atoms with Gasteiger partial charge in [-0.15, -0.1) is 0 Å². The molecular formula is C13H20N4O2. The first-order valence-electron chi connectivity index (χ1n) is 6.91. The monoisotopic (exact) mass is 264 g/mol. The van der Waals surface area contributed by atoms with Crippen LogP contribution in [0.2, 0.25) is 0 Å². The van der Waals surface area contributed by atoms with Crippen molar-refractivity contribution in [2.45, 2.75) is 19.5 Å². The van der Waals surface area contributed by atoms with E-state index >= 15 is 0 Å². The van der Waals surface area contributed by atoms with Gasteiger partial charge in [-0.2, -0.15) is 0 Å². The minimum absolute atomic E-state index is 0.247. The van der Waals surface area contributed by atoms with Crippen LogP contribution in [0.5, 0.6) is 0 Å². The van der Waals surface area contributed by atoms with Crippen molar-refractivity contribution in [1.82, 2.24) is 19.4 Å². The minimum atomic E-state index is 0.247. The number of amides is 1. The largest absolute Gasteiger partial charge is 0.378 e. The van der Waals surface area contributed by atoms with Crippen molar-refractivity contribution in [3.63, 3.8) is 0 Å². The molecule has 3 rings (SSSR count). The third kappa shape index (κ3) is 2.96. The summed E-state index contributed by atoms with van der Waals surface area (Å²) < 4.78 is 7.44. The van der Waals surface area contributed by atoms with Gasteiger partial charge in [0, 0.05) is 51.5 Å². The van der Waals surface area contributed by atoms with E-state index in [1.165, 1.54) is 0 Å². The summed E-state index contributed by atoms with van der Waals surface area (Å²) in [6, 6.07) is 0. The third-order valence-corrected chi connectivity index (χ3v) is 3.83. The number of carbonyl (C=O) groups excluding carboxylic acids is 1. The summed E-state index contributed by atoms with van der Waals surface area (Å²) in [6.45, 7) is 6.47. The van der Waals surface area contributed by atoms with Crippen LogP contribution >= 0.6 is 0 Å². The van der Waals surface area contributed by atoms with E-state index in [0.717, 1.165) is 45.1 Å². The van der Waals surface area contributed by atoms with Gasteiger partial charge in [0.15, 0.2) is 0 Å². The Morgan fingerprint density at radius 3 is 2.95 bits per heavy atom. The molecule has 2 aliphatic rings. The van der Waals surface area contributed by atoms with Crippen LogP contribution in [0.3, 0.4) is 0 Å². The first-order valence-corrected chi connectivity index (χ1v) is 6.91. The first kappa shape index (κ1) is 12.6. The van der Waals surface area contributed by atoms with Gasteiger partial charge >= 0.3 is 0 Å². The van der Waals surface area contributed by atoms with Crippen molar-refractivity contribution in [3.8, 4) is 0 Å². The highest BCUT2D eigenvalue weighted by atomic mass is 16.5. The molecular weight excluding hydrogens is 244 g/mol. The maximum absolute atomic E-state index is 12.1. The van der Waals surface area contributed by atoms with Crippen LogP contribution in [0.4, 0.5) is 0 Å². The van der Waals surface area contributed by atoms with Gasteiger partial charge in [-0.05, 0) is 0 Å². The summed E-state index contributed by atoms with van der Waals surface area (Å²) in [5.41, 5.74) is 0. The standard InChI is InChI=1S/C13H20N4O2/c18-13(17-7-9-19-10-8-17)1-3-15-5-6-16-4-2-14-12(16)11-15/h2,4H,1,3,5-11H2. The zero-order valence-electron chi connectivity index (χ0n) is 11.1. The fourth-order valence-corrected chi connectivity index (χ4v) is 2.64. The number of carbonyl (C=O) groups is 1. The number of fused-ring (bicyclic) bond motifs is 1. The lowest BCUT2D eigenvalue weighted by Crippen LogP contribution is -2.42. The number of aromatic nitrogens is 2. The molecule has 104 valence electrons. The molecule has 0 radical (unpaired) electrons. The Hall–Kier alpha value is -1.40. The lowest BCUT2D eigenvalue weighted by molar-refractivity contribution is -0.135. The lowest BCUT2D eigenvalue weighted by atomic mass is 10.2. The number of nitrogens with zero attached hydrogens (tertiary/aromatic N) is 4. The molecule has 0 N–H and O–H groups in total. The number of imidazole rings is 1.